The van der Waals surface area contributed by atoms with E-state index in [1.54, 1.807) is 0 Å². The van der Waals surface area contributed by atoms with Crippen LogP contribution in [-0.4, -0.2) is 0 Å². The van der Waals surface area contributed by atoms with Crippen molar-refractivity contribution < 1.29 is 25.8 Å². The zero-order valence-corrected chi connectivity index (χ0v) is 10.4. The zero-order chi connectivity index (χ0) is 8.93. The molecule has 0 aliphatic carbocycles. The Labute approximate surface area is 98.0 Å². The Hall–Kier alpha value is -1.07. The van der Waals surface area contributed by atoms with E-state index in [0.29, 0.717) is 11.5 Å². The normalized spacial score (nSPS) is 8.86. The molecular weight excluding hydrogens is 344 g/mol. The standard InChI is InChI=1S/C12H8O.W/c1-3-7-11(8-4-1)13-12-9-5-2-6-10-12;/h1-7,9H;/q-2;+2. The minimum Gasteiger partial charge on any atom is -0.509 e. The summed E-state index contributed by atoms with van der Waals surface area (Å²) in [6.07, 6.45) is 0. The molecule has 0 radical (unpaired) electrons. The predicted octanol–water partition coefficient (Wildman–Crippen LogP) is 3.08. The van der Waals surface area contributed by atoms with Gasteiger partial charge in [0.1, 0.15) is 0 Å². The van der Waals surface area contributed by atoms with Gasteiger partial charge in [-0.2, -0.15) is 36.4 Å². The Morgan fingerprint density at radius 1 is 0.786 bits per heavy atom. The van der Waals surface area contributed by atoms with Crippen LogP contribution >= 0.6 is 0 Å². The van der Waals surface area contributed by atoms with Crippen LogP contribution in [0.15, 0.2) is 48.5 Å². The van der Waals surface area contributed by atoms with E-state index in [9.17, 15) is 0 Å². The van der Waals surface area contributed by atoms with Gasteiger partial charge in [0.05, 0.1) is 0 Å². The molecule has 0 saturated carbocycles. The SMILES string of the molecule is [W+2].[c-]1ccccc1Oc1[c-]cccc1. The Morgan fingerprint density at radius 2 is 1.29 bits per heavy atom. The molecule has 0 atom stereocenters. The van der Waals surface area contributed by atoms with Crippen molar-refractivity contribution >= 4 is 0 Å². The van der Waals surface area contributed by atoms with E-state index in [1.165, 1.54) is 0 Å². The Bertz CT molecular complexity index is 321. The van der Waals surface area contributed by atoms with Crippen molar-refractivity contribution in [3.8, 4) is 11.5 Å². The van der Waals surface area contributed by atoms with Crippen LogP contribution < -0.4 is 4.74 Å². The van der Waals surface area contributed by atoms with E-state index < -0.39 is 0 Å². The summed E-state index contributed by atoms with van der Waals surface area (Å²) in [7, 11) is 0. The van der Waals surface area contributed by atoms with Crippen LogP contribution in [0.1, 0.15) is 0 Å². The van der Waals surface area contributed by atoms with E-state index in [0.717, 1.165) is 0 Å². The topological polar surface area (TPSA) is 9.23 Å². The number of hydrogen-bond donors (Lipinski definition) is 0. The van der Waals surface area contributed by atoms with E-state index in [1.807, 2.05) is 48.5 Å². The first kappa shape index (κ1) is 11.0. The van der Waals surface area contributed by atoms with E-state index in [-0.39, 0.29) is 21.1 Å². The average molecular weight is 352 g/mol. The summed E-state index contributed by atoms with van der Waals surface area (Å²) >= 11 is 0. The molecule has 2 aromatic carbocycles. The van der Waals surface area contributed by atoms with Crippen LogP contribution in [0.4, 0.5) is 0 Å². The monoisotopic (exact) mass is 352 g/mol. The van der Waals surface area contributed by atoms with Gasteiger partial charge in [-0.3, -0.25) is 0 Å². The summed E-state index contributed by atoms with van der Waals surface area (Å²) in [4.78, 5) is 0. The molecule has 0 bridgehead atoms. The predicted molar refractivity (Wildman–Crippen MR) is 50.6 cm³/mol. The molecule has 0 unspecified atom stereocenters. The van der Waals surface area contributed by atoms with Gasteiger partial charge in [-0.1, -0.05) is 0 Å². The zero-order valence-electron chi connectivity index (χ0n) is 7.44. The van der Waals surface area contributed by atoms with Crippen molar-refractivity contribution in [2.24, 2.45) is 0 Å². The quantitative estimate of drug-likeness (QED) is 0.755. The Kier molecular flexibility index (Phi) is 4.41. The van der Waals surface area contributed by atoms with Crippen molar-refractivity contribution in [1.29, 1.82) is 0 Å². The number of para-hydroxylation sites is 2. The van der Waals surface area contributed by atoms with Crippen LogP contribution in [-0.2, 0) is 21.1 Å². The number of hydrogen-bond acceptors (Lipinski definition) is 1. The Balaban J connectivity index is 0.000000980. The summed E-state index contributed by atoms with van der Waals surface area (Å²) in [6.45, 7) is 0. The third-order valence-electron chi connectivity index (χ3n) is 1.58. The van der Waals surface area contributed by atoms with Crippen molar-refractivity contribution in [2.75, 3.05) is 0 Å². The number of ether oxygens (including phenoxy) is 1. The maximum atomic E-state index is 5.47. The molecule has 0 aromatic heterocycles. The molecular formula is C12H8OW. The van der Waals surface area contributed by atoms with Crippen LogP contribution in [0, 0.1) is 12.1 Å². The summed E-state index contributed by atoms with van der Waals surface area (Å²) in [6, 6.07) is 20.9. The second kappa shape index (κ2) is 5.61. The fraction of sp³-hybridized carbons (Fsp3) is 0. The maximum absolute atomic E-state index is 5.47. The second-order valence-electron chi connectivity index (χ2n) is 2.56. The second-order valence-corrected chi connectivity index (χ2v) is 2.56. The van der Waals surface area contributed by atoms with Gasteiger partial charge in [-0.15, -0.1) is 24.3 Å². The Morgan fingerprint density at radius 3 is 1.64 bits per heavy atom. The van der Waals surface area contributed by atoms with Crippen molar-refractivity contribution in [3.63, 3.8) is 0 Å². The summed E-state index contributed by atoms with van der Waals surface area (Å²) in [5.74, 6) is 1.43. The van der Waals surface area contributed by atoms with Gasteiger partial charge < -0.3 is 4.74 Å². The van der Waals surface area contributed by atoms with Gasteiger partial charge in [0.15, 0.2) is 0 Å². The minimum absolute atomic E-state index is 0. The van der Waals surface area contributed by atoms with Gasteiger partial charge in [0.25, 0.3) is 0 Å². The van der Waals surface area contributed by atoms with Crippen molar-refractivity contribution in [3.05, 3.63) is 60.7 Å². The number of rotatable bonds is 2. The third-order valence-corrected chi connectivity index (χ3v) is 1.58. The molecule has 0 aliphatic rings. The van der Waals surface area contributed by atoms with E-state index in [4.69, 9.17) is 4.74 Å². The van der Waals surface area contributed by atoms with Gasteiger partial charge in [0, 0.05) is 11.5 Å². The average Bonchev–Trinajstić information content (AvgIpc) is 2.21. The largest absolute Gasteiger partial charge is 2.00 e. The molecule has 0 heterocycles. The van der Waals surface area contributed by atoms with E-state index >= 15 is 0 Å². The summed E-state index contributed by atoms with van der Waals surface area (Å²) < 4.78 is 5.47. The molecule has 14 heavy (non-hydrogen) atoms. The molecule has 0 N–H and O–H groups in total. The van der Waals surface area contributed by atoms with Gasteiger partial charge in [0.2, 0.25) is 0 Å². The van der Waals surface area contributed by atoms with Gasteiger partial charge in [-0.05, 0) is 0 Å². The van der Waals surface area contributed by atoms with Crippen LogP contribution in [0.25, 0.3) is 0 Å². The van der Waals surface area contributed by atoms with Crippen molar-refractivity contribution in [2.45, 2.75) is 0 Å². The molecule has 0 saturated heterocycles. The maximum Gasteiger partial charge on any atom is 2.00 e. The summed E-state index contributed by atoms with van der Waals surface area (Å²) in [5.41, 5.74) is 0. The molecule has 0 amide bonds. The number of benzene rings is 2. The first-order valence-electron chi connectivity index (χ1n) is 4.06. The molecule has 0 aliphatic heterocycles. The molecule has 2 heteroatoms. The molecule has 0 spiro atoms. The van der Waals surface area contributed by atoms with Gasteiger partial charge >= 0.3 is 21.1 Å². The van der Waals surface area contributed by atoms with Gasteiger partial charge in [-0.25, -0.2) is 0 Å². The van der Waals surface area contributed by atoms with Crippen molar-refractivity contribution in [1.82, 2.24) is 0 Å². The molecule has 68 valence electrons. The van der Waals surface area contributed by atoms with E-state index in [2.05, 4.69) is 12.1 Å². The van der Waals surface area contributed by atoms with Crippen LogP contribution in [0.5, 0.6) is 11.5 Å². The third kappa shape index (κ3) is 3.01. The molecule has 2 aromatic rings. The molecule has 0 fully saturated rings. The fourth-order valence-corrected chi connectivity index (χ4v) is 0.999. The first-order chi connectivity index (χ1) is 6.45. The summed E-state index contributed by atoms with van der Waals surface area (Å²) in [5, 5.41) is 0. The molecule has 1 nitrogen and oxygen atoms in total. The smallest absolute Gasteiger partial charge is 0.509 e. The minimum atomic E-state index is 0. The fourth-order valence-electron chi connectivity index (χ4n) is 0.999. The van der Waals surface area contributed by atoms with Crippen LogP contribution in [0.3, 0.4) is 0 Å². The van der Waals surface area contributed by atoms with Crippen LogP contribution in [0.2, 0.25) is 0 Å². The first-order valence-corrected chi connectivity index (χ1v) is 4.06. The molecule has 2 rings (SSSR count).